The molecule has 0 aliphatic carbocycles. The first-order chi connectivity index (χ1) is 12.7. The van der Waals surface area contributed by atoms with Crippen LogP contribution in [-0.4, -0.2) is 34.5 Å². The number of nitrogens with one attached hydrogen (secondary N) is 1. The zero-order chi connectivity index (χ0) is 20.2. The number of halogens is 1. The van der Waals surface area contributed by atoms with Crippen molar-refractivity contribution in [3.63, 3.8) is 0 Å². The highest BCUT2D eigenvalue weighted by atomic mass is 32.2. The number of carbonyl (C=O) groups is 1. The van der Waals surface area contributed by atoms with Gasteiger partial charge in [0, 0.05) is 25.7 Å². The van der Waals surface area contributed by atoms with Gasteiger partial charge in [-0.05, 0) is 61.4 Å². The Balaban J connectivity index is 2.13. The van der Waals surface area contributed by atoms with Gasteiger partial charge in [-0.3, -0.25) is 4.79 Å². The average Bonchev–Trinajstić information content (AvgIpc) is 2.61. The Labute approximate surface area is 159 Å². The lowest BCUT2D eigenvalue weighted by Gasteiger charge is -2.21. The van der Waals surface area contributed by atoms with Crippen LogP contribution in [0.1, 0.15) is 18.1 Å². The van der Waals surface area contributed by atoms with E-state index in [1.165, 1.54) is 43.2 Å². The maximum Gasteiger partial charge on any atom is 0.240 e. The number of carbonyl (C=O) groups excluding carboxylic acids is 1. The molecule has 0 atom stereocenters. The van der Waals surface area contributed by atoms with Crippen molar-refractivity contribution in [3.8, 4) is 5.75 Å². The summed E-state index contributed by atoms with van der Waals surface area (Å²) in [5.74, 6) is -0.0592. The first kappa shape index (κ1) is 20.9. The lowest BCUT2D eigenvalue weighted by molar-refractivity contribution is -0.116. The molecule has 27 heavy (non-hydrogen) atoms. The van der Waals surface area contributed by atoms with E-state index < -0.39 is 15.8 Å². The molecule has 0 fully saturated rings. The molecule has 1 N–H and O–H groups in total. The van der Waals surface area contributed by atoms with Crippen LogP contribution in [0.25, 0.3) is 0 Å². The fourth-order valence-corrected chi connectivity index (χ4v) is 4.06. The summed E-state index contributed by atoms with van der Waals surface area (Å²) in [7, 11) is -2.22. The van der Waals surface area contributed by atoms with Gasteiger partial charge in [0.05, 0.1) is 12.0 Å². The fraction of sp³-hybridized carbons (Fsp3) is 0.316. The number of amides is 1. The zero-order valence-electron chi connectivity index (χ0n) is 15.7. The Morgan fingerprint density at radius 1 is 1.15 bits per heavy atom. The molecule has 0 saturated heterocycles. The van der Waals surface area contributed by atoms with E-state index >= 15 is 0 Å². The second-order valence-electron chi connectivity index (χ2n) is 6.13. The topological polar surface area (TPSA) is 75.7 Å². The van der Waals surface area contributed by atoms with Crippen LogP contribution in [0.2, 0.25) is 0 Å². The van der Waals surface area contributed by atoms with Gasteiger partial charge in [0.25, 0.3) is 0 Å². The van der Waals surface area contributed by atoms with Gasteiger partial charge in [0.1, 0.15) is 11.6 Å². The lowest BCUT2D eigenvalue weighted by atomic mass is 10.1. The predicted molar refractivity (Wildman–Crippen MR) is 102 cm³/mol. The molecule has 0 saturated carbocycles. The van der Waals surface area contributed by atoms with Crippen LogP contribution in [0.4, 0.5) is 10.1 Å². The van der Waals surface area contributed by atoms with Crippen molar-refractivity contribution in [2.24, 2.45) is 0 Å². The van der Waals surface area contributed by atoms with Crippen molar-refractivity contribution in [2.45, 2.75) is 25.7 Å². The molecule has 8 heteroatoms. The van der Waals surface area contributed by atoms with Gasteiger partial charge in [0.15, 0.2) is 0 Å². The Kier molecular flexibility index (Phi) is 6.56. The number of hydrogen-bond acceptors (Lipinski definition) is 4. The number of rotatable bonds is 7. The molecule has 2 rings (SSSR count). The molecular formula is C19H23FN2O4S. The number of aryl methyl sites for hydroxylation is 2. The van der Waals surface area contributed by atoms with Crippen molar-refractivity contribution in [1.82, 2.24) is 4.72 Å². The largest absolute Gasteiger partial charge is 0.496 e. The van der Waals surface area contributed by atoms with E-state index in [9.17, 15) is 17.6 Å². The minimum absolute atomic E-state index is 0.0177. The number of methoxy groups -OCH3 is 1. The molecule has 1 amide bonds. The van der Waals surface area contributed by atoms with Gasteiger partial charge in [0.2, 0.25) is 15.9 Å². The van der Waals surface area contributed by atoms with E-state index in [0.717, 1.165) is 0 Å². The van der Waals surface area contributed by atoms with Crippen molar-refractivity contribution in [2.75, 3.05) is 25.1 Å². The van der Waals surface area contributed by atoms with E-state index in [4.69, 9.17) is 4.74 Å². The summed E-state index contributed by atoms with van der Waals surface area (Å²) in [6.45, 7) is 4.97. The molecule has 6 nitrogen and oxygen atoms in total. The average molecular weight is 394 g/mol. The third-order valence-corrected chi connectivity index (χ3v) is 5.73. The van der Waals surface area contributed by atoms with Crippen LogP contribution in [0.5, 0.6) is 5.75 Å². The third kappa shape index (κ3) is 5.05. The second-order valence-corrected chi connectivity index (χ2v) is 7.87. The van der Waals surface area contributed by atoms with E-state index in [1.807, 2.05) is 0 Å². The van der Waals surface area contributed by atoms with Gasteiger partial charge >= 0.3 is 0 Å². The molecule has 0 aromatic heterocycles. The summed E-state index contributed by atoms with van der Waals surface area (Å²) in [4.78, 5) is 13.4. The number of ether oxygens (including phenoxy) is 1. The predicted octanol–water partition coefficient (Wildman–Crippen LogP) is 2.78. The first-order valence-electron chi connectivity index (χ1n) is 8.34. The van der Waals surface area contributed by atoms with Crippen LogP contribution in [0, 0.1) is 19.7 Å². The number of anilines is 1. The Bertz CT molecular complexity index is 927. The summed E-state index contributed by atoms with van der Waals surface area (Å²) in [5.41, 5.74) is 1.77. The molecule has 0 unspecified atom stereocenters. The molecule has 0 radical (unpaired) electrons. The molecule has 0 aliphatic rings. The van der Waals surface area contributed by atoms with Gasteiger partial charge in [-0.1, -0.05) is 0 Å². The maximum atomic E-state index is 13.1. The van der Waals surface area contributed by atoms with Gasteiger partial charge in [-0.25, -0.2) is 17.5 Å². The molecule has 0 aliphatic heterocycles. The van der Waals surface area contributed by atoms with Crippen LogP contribution >= 0.6 is 0 Å². The van der Waals surface area contributed by atoms with Crippen molar-refractivity contribution in [1.29, 1.82) is 0 Å². The number of benzene rings is 2. The molecule has 2 aromatic carbocycles. The van der Waals surface area contributed by atoms with E-state index in [1.54, 1.807) is 26.0 Å². The maximum absolute atomic E-state index is 13.1. The summed E-state index contributed by atoms with van der Waals surface area (Å²) >= 11 is 0. The third-order valence-electron chi connectivity index (χ3n) is 4.13. The van der Waals surface area contributed by atoms with Gasteiger partial charge in [-0.15, -0.1) is 0 Å². The molecule has 0 spiro atoms. The molecule has 0 heterocycles. The molecule has 146 valence electrons. The summed E-state index contributed by atoms with van der Waals surface area (Å²) in [6, 6.07) is 8.67. The highest BCUT2D eigenvalue weighted by Crippen LogP contribution is 2.25. The highest BCUT2D eigenvalue weighted by molar-refractivity contribution is 7.89. The summed E-state index contributed by atoms with van der Waals surface area (Å²) in [5, 5.41) is 0. The van der Waals surface area contributed by atoms with Crippen LogP contribution in [0.3, 0.4) is 0 Å². The monoisotopic (exact) mass is 394 g/mol. The first-order valence-corrected chi connectivity index (χ1v) is 9.82. The number of nitrogens with zero attached hydrogens (tertiary/aromatic N) is 1. The van der Waals surface area contributed by atoms with E-state index in [2.05, 4.69) is 4.72 Å². The highest BCUT2D eigenvalue weighted by Gasteiger charge is 2.19. The second kappa shape index (κ2) is 8.49. The summed E-state index contributed by atoms with van der Waals surface area (Å²) < 4.78 is 46.0. The van der Waals surface area contributed by atoms with Gasteiger partial charge < -0.3 is 9.64 Å². The molecule has 0 bridgehead atoms. The Morgan fingerprint density at radius 3 is 2.33 bits per heavy atom. The number of sulfonamides is 1. The Hall–Kier alpha value is -2.45. The lowest BCUT2D eigenvalue weighted by Crippen LogP contribution is -2.37. The zero-order valence-corrected chi connectivity index (χ0v) is 16.6. The van der Waals surface area contributed by atoms with Crippen molar-refractivity contribution in [3.05, 3.63) is 53.3 Å². The number of hydrogen-bond donors (Lipinski definition) is 1. The molecule has 2 aromatic rings. The van der Waals surface area contributed by atoms with Crippen LogP contribution < -0.4 is 14.4 Å². The minimum Gasteiger partial charge on any atom is -0.496 e. The quantitative estimate of drug-likeness (QED) is 0.784. The van der Waals surface area contributed by atoms with E-state index in [0.29, 0.717) is 22.6 Å². The van der Waals surface area contributed by atoms with Crippen molar-refractivity contribution >= 4 is 21.6 Å². The van der Waals surface area contributed by atoms with Gasteiger partial charge in [-0.2, -0.15) is 0 Å². The smallest absolute Gasteiger partial charge is 0.240 e. The van der Waals surface area contributed by atoms with E-state index in [-0.39, 0.29) is 23.9 Å². The fourth-order valence-electron chi connectivity index (χ4n) is 2.73. The minimum atomic E-state index is -3.75. The SMILES string of the molecule is COc1cc(C)c(S(=O)(=O)NCCN(C(C)=O)c2ccc(F)cc2)cc1C. The van der Waals surface area contributed by atoms with Crippen LogP contribution in [0.15, 0.2) is 41.3 Å². The Morgan fingerprint density at radius 2 is 1.78 bits per heavy atom. The van der Waals surface area contributed by atoms with Crippen LogP contribution in [-0.2, 0) is 14.8 Å². The van der Waals surface area contributed by atoms with Crippen molar-refractivity contribution < 1.29 is 22.3 Å². The molecular weight excluding hydrogens is 371 g/mol. The summed E-state index contributed by atoms with van der Waals surface area (Å²) in [6.07, 6.45) is 0. The standard InChI is InChI=1S/C19H23FN2O4S/c1-13-12-19(14(2)11-18(13)26-4)27(24,25)21-9-10-22(15(3)23)17-7-5-16(20)6-8-17/h5-8,11-12,21H,9-10H2,1-4H3. The normalized spacial score (nSPS) is 11.3.